The number of amides is 4. The molecule has 0 atom stereocenters. The van der Waals surface area contributed by atoms with Crippen molar-refractivity contribution in [3.63, 3.8) is 0 Å². The molecule has 9 nitrogen and oxygen atoms in total. The highest BCUT2D eigenvalue weighted by Gasteiger charge is 2.49. The molecule has 2 saturated heterocycles. The first-order chi connectivity index (χ1) is 13.7. The SMILES string of the molecule is CCC1(CC)NC(=O)N(CC(=O)Nc2ccc(S(=O)(=O)N3CCCC3)cc2)C1=O. The number of hydrogen-bond acceptors (Lipinski definition) is 5. The van der Waals surface area contributed by atoms with Crippen LogP contribution in [0.2, 0.25) is 0 Å². The molecular formula is C19H26N4O5S. The van der Waals surface area contributed by atoms with E-state index in [1.165, 1.54) is 28.6 Å². The van der Waals surface area contributed by atoms with Crippen LogP contribution in [0.1, 0.15) is 39.5 Å². The summed E-state index contributed by atoms with van der Waals surface area (Å²) < 4.78 is 26.5. The summed E-state index contributed by atoms with van der Waals surface area (Å²) in [6, 6.07) is 5.29. The van der Waals surface area contributed by atoms with E-state index in [0.717, 1.165) is 17.7 Å². The summed E-state index contributed by atoms with van der Waals surface area (Å²) in [7, 11) is -3.52. The van der Waals surface area contributed by atoms with Crippen LogP contribution < -0.4 is 10.6 Å². The fourth-order valence-corrected chi connectivity index (χ4v) is 5.20. The Hall–Kier alpha value is -2.46. The van der Waals surface area contributed by atoms with E-state index in [4.69, 9.17) is 0 Å². The van der Waals surface area contributed by atoms with Crippen LogP contribution in [0.15, 0.2) is 29.2 Å². The van der Waals surface area contributed by atoms with Crippen LogP contribution in [0.3, 0.4) is 0 Å². The molecule has 3 rings (SSSR count). The Kier molecular flexibility index (Phi) is 5.95. The molecule has 0 bridgehead atoms. The number of rotatable bonds is 7. The van der Waals surface area contributed by atoms with Gasteiger partial charge in [-0.15, -0.1) is 0 Å². The van der Waals surface area contributed by atoms with Crippen molar-refractivity contribution in [3.05, 3.63) is 24.3 Å². The lowest BCUT2D eigenvalue weighted by molar-refractivity contribution is -0.134. The number of carbonyl (C=O) groups excluding carboxylic acids is 3. The van der Waals surface area contributed by atoms with Gasteiger partial charge in [0.2, 0.25) is 15.9 Å². The van der Waals surface area contributed by atoms with Gasteiger partial charge in [0.1, 0.15) is 12.1 Å². The highest BCUT2D eigenvalue weighted by molar-refractivity contribution is 7.89. The van der Waals surface area contributed by atoms with Crippen molar-refractivity contribution < 1.29 is 22.8 Å². The van der Waals surface area contributed by atoms with E-state index in [1.54, 1.807) is 0 Å². The minimum absolute atomic E-state index is 0.169. The zero-order valence-corrected chi connectivity index (χ0v) is 17.4. The molecule has 0 aliphatic carbocycles. The molecule has 10 heteroatoms. The molecule has 158 valence electrons. The number of carbonyl (C=O) groups is 3. The van der Waals surface area contributed by atoms with Crippen molar-refractivity contribution in [3.8, 4) is 0 Å². The van der Waals surface area contributed by atoms with Gasteiger partial charge in [-0.2, -0.15) is 4.31 Å². The second kappa shape index (κ2) is 8.11. The van der Waals surface area contributed by atoms with E-state index in [0.29, 0.717) is 31.6 Å². The van der Waals surface area contributed by atoms with E-state index in [9.17, 15) is 22.8 Å². The van der Waals surface area contributed by atoms with Gasteiger partial charge in [-0.3, -0.25) is 14.5 Å². The zero-order chi connectivity index (χ0) is 21.2. The Morgan fingerprint density at radius 3 is 2.21 bits per heavy atom. The van der Waals surface area contributed by atoms with Crippen LogP contribution in [0, 0.1) is 0 Å². The molecule has 0 aromatic heterocycles. The van der Waals surface area contributed by atoms with Crippen LogP contribution in [-0.4, -0.2) is 60.6 Å². The number of benzene rings is 1. The number of sulfonamides is 1. The molecule has 0 spiro atoms. The Morgan fingerprint density at radius 2 is 1.69 bits per heavy atom. The van der Waals surface area contributed by atoms with Crippen molar-refractivity contribution in [1.82, 2.24) is 14.5 Å². The first-order valence-electron chi connectivity index (χ1n) is 9.77. The predicted octanol–water partition coefficient (Wildman–Crippen LogP) is 1.52. The number of urea groups is 1. The Morgan fingerprint density at radius 1 is 1.10 bits per heavy atom. The van der Waals surface area contributed by atoms with E-state index in [1.807, 2.05) is 13.8 Å². The van der Waals surface area contributed by atoms with Crippen LogP contribution in [0.4, 0.5) is 10.5 Å². The van der Waals surface area contributed by atoms with Crippen LogP contribution in [-0.2, 0) is 19.6 Å². The van der Waals surface area contributed by atoms with Crippen molar-refractivity contribution in [2.45, 2.75) is 50.0 Å². The van der Waals surface area contributed by atoms with Gasteiger partial charge in [-0.05, 0) is 49.9 Å². The largest absolute Gasteiger partial charge is 0.325 e. The number of imide groups is 1. The van der Waals surface area contributed by atoms with E-state index in [2.05, 4.69) is 10.6 Å². The van der Waals surface area contributed by atoms with Gasteiger partial charge in [0, 0.05) is 18.8 Å². The average molecular weight is 423 g/mol. The molecular weight excluding hydrogens is 396 g/mol. The molecule has 1 aromatic carbocycles. The quantitative estimate of drug-likeness (QED) is 0.647. The fraction of sp³-hybridized carbons (Fsp3) is 0.526. The number of hydrogen-bond donors (Lipinski definition) is 2. The highest BCUT2D eigenvalue weighted by atomic mass is 32.2. The third-order valence-corrected chi connectivity index (χ3v) is 7.51. The molecule has 0 radical (unpaired) electrons. The maximum Gasteiger partial charge on any atom is 0.325 e. The van der Waals surface area contributed by atoms with Gasteiger partial charge < -0.3 is 10.6 Å². The van der Waals surface area contributed by atoms with Crippen molar-refractivity contribution in [2.24, 2.45) is 0 Å². The van der Waals surface area contributed by atoms with E-state index in [-0.39, 0.29) is 4.90 Å². The minimum atomic E-state index is -3.52. The molecule has 0 saturated carbocycles. The number of anilines is 1. The summed E-state index contributed by atoms with van der Waals surface area (Å²) in [5.74, 6) is -0.943. The van der Waals surface area contributed by atoms with Gasteiger partial charge in [0.25, 0.3) is 5.91 Å². The molecule has 0 unspecified atom stereocenters. The topological polar surface area (TPSA) is 116 Å². The summed E-state index contributed by atoms with van der Waals surface area (Å²) in [4.78, 5) is 38.1. The molecule has 2 fully saturated rings. The lowest BCUT2D eigenvalue weighted by atomic mass is 9.93. The molecule has 2 N–H and O–H groups in total. The first-order valence-corrected chi connectivity index (χ1v) is 11.2. The third-order valence-electron chi connectivity index (χ3n) is 5.60. The lowest BCUT2D eigenvalue weighted by Crippen LogP contribution is -2.46. The molecule has 4 amide bonds. The van der Waals surface area contributed by atoms with Gasteiger partial charge in [-0.25, -0.2) is 13.2 Å². The summed E-state index contributed by atoms with van der Waals surface area (Å²) in [5, 5.41) is 5.27. The molecule has 2 aliphatic rings. The lowest BCUT2D eigenvalue weighted by Gasteiger charge is -2.23. The van der Waals surface area contributed by atoms with E-state index >= 15 is 0 Å². The van der Waals surface area contributed by atoms with Gasteiger partial charge in [-0.1, -0.05) is 13.8 Å². The minimum Gasteiger partial charge on any atom is -0.325 e. The molecule has 2 aliphatic heterocycles. The van der Waals surface area contributed by atoms with Gasteiger partial charge in [0.15, 0.2) is 0 Å². The number of nitrogens with zero attached hydrogens (tertiary/aromatic N) is 2. The van der Waals surface area contributed by atoms with Gasteiger partial charge in [0.05, 0.1) is 4.90 Å². The van der Waals surface area contributed by atoms with Gasteiger partial charge >= 0.3 is 6.03 Å². The zero-order valence-electron chi connectivity index (χ0n) is 16.6. The number of nitrogens with one attached hydrogen (secondary N) is 2. The van der Waals surface area contributed by atoms with Crippen LogP contribution in [0.5, 0.6) is 0 Å². The second-order valence-corrected chi connectivity index (χ2v) is 9.23. The smallest absolute Gasteiger partial charge is 0.325 e. The third kappa shape index (κ3) is 3.99. The van der Waals surface area contributed by atoms with Crippen LogP contribution in [0.25, 0.3) is 0 Å². The predicted molar refractivity (Wildman–Crippen MR) is 107 cm³/mol. The summed E-state index contributed by atoms with van der Waals surface area (Å²) in [6.07, 6.45) is 2.60. The highest BCUT2D eigenvalue weighted by Crippen LogP contribution is 2.25. The van der Waals surface area contributed by atoms with Crippen molar-refractivity contribution in [1.29, 1.82) is 0 Å². The summed E-state index contributed by atoms with van der Waals surface area (Å²) >= 11 is 0. The summed E-state index contributed by atoms with van der Waals surface area (Å²) in [5.41, 5.74) is -0.567. The fourth-order valence-electron chi connectivity index (χ4n) is 3.68. The first kappa shape index (κ1) is 21.3. The maximum absolute atomic E-state index is 12.6. The monoisotopic (exact) mass is 422 g/mol. The van der Waals surface area contributed by atoms with E-state index < -0.39 is 40.0 Å². The standard InChI is InChI=1S/C19H26N4O5S/c1-3-19(4-2)17(25)23(18(26)21-19)13-16(24)20-14-7-9-15(10-8-14)29(27,28)22-11-5-6-12-22/h7-10H,3-6,11-13H2,1-2H3,(H,20,24)(H,21,26). The molecule has 2 heterocycles. The normalized spacial score (nSPS) is 19.4. The average Bonchev–Trinajstić information content (AvgIpc) is 3.32. The second-order valence-electron chi connectivity index (χ2n) is 7.29. The van der Waals surface area contributed by atoms with Crippen molar-refractivity contribution >= 4 is 33.6 Å². The maximum atomic E-state index is 12.6. The Balaban J connectivity index is 1.64. The molecule has 29 heavy (non-hydrogen) atoms. The summed E-state index contributed by atoms with van der Waals surface area (Å²) in [6.45, 7) is 4.25. The molecule has 1 aromatic rings. The van der Waals surface area contributed by atoms with Crippen molar-refractivity contribution in [2.75, 3.05) is 25.0 Å². The Bertz CT molecular complexity index is 903. The Labute approximate surface area is 170 Å². The van der Waals surface area contributed by atoms with Crippen LogP contribution >= 0.6 is 0 Å².